The maximum absolute atomic E-state index is 12.0. The van der Waals surface area contributed by atoms with Crippen molar-refractivity contribution in [2.24, 2.45) is 0 Å². The number of anilines is 1. The second-order valence-corrected chi connectivity index (χ2v) is 4.13. The Morgan fingerprint density at radius 3 is 2.53 bits per heavy atom. The monoisotopic (exact) mass is 265 g/mol. The van der Waals surface area contributed by atoms with Gasteiger partial charge in [-0.25, -0.2) is 9.59 Å². The predicted octanol–water partition coefficient (Wildman–Crippen LogP) is 2.08. The molecule has 1 unspecified atom stereocenters. The van der Waals surface area contributed by atoms with Crippen LogP contribution in [0.4, 0.5) is 5.69 Å². The summed E-state index contributed by atoms with van der Waals surface area (Å²) < 4.78 is 10.0. The van der Waals surface area contributed by atoms with Gasteiger partial charge in [-0.05, 0) is 44.0 Å². The molecular weight excluding hydrogens is 246 g/mol. The second-order valence-electron chi connectivity index (χ2n) is 4.13. The molecule has 5 heteroatoms. The van der Waals surface area contributed by atoms with Gasteiger partial charge in [0.15, 0.2) is 6.10 Å². The highest BCUT2D eigenvalue weighted by Gasteiger charge is 2.23. The van der Waals surface area contributed by atoms with Crippen LogP contribution in [0.1, 0.15) is 36.2 Å². The van der Waals surface area contributed by atoms with Gasteiger partial charge in [0.2, 0.25) is 0 Å². The second kappa shape index (κ2) is 6.78. The molecule has 0 aliphatic rings. The van der Waals surface area contributed by atoms with Crippen LogP contribution in [-0.4, -0.2) is 24.6 Å². The van der Waals surface area contributed by atoms with Crippen LogP contribution in [-0.2, 0) is 14.3 Å². The highest BCUT2D eigenvalue weighted by molar-refractivity contribution is 5.93. The molecule has 0 bridgehead atoms. The maximum atomic E-state index is 12.0. The zero-order chi connectivity index (χ0) is 14.4. The minimum Gasteiger partial charge on any atom is -0.463 e. The molecule has 0 aromatic heterocycles. The van der Waals surface area contributed by atoms with E-state index in [0.717, 1.165) is 0 Å². The number of nitrogen functional groups attached to an aromatic ring is 1. The van der Waals surface area contributed by atoms with E-state index in [1.807, 2.05) is 0 Å². The number of nitrogens with two attached hydrogens (primary N) is 1. The molecule has 0 aliphatic heterocycles. The van der Waals surface area contributed by atoms with E-state index in [-0.39, 0.29) is 6.61 Å². The molecule has 1 aromatic carbocycles. The number of ether oxygens (including phenoxy) is 2. The normalized spacial score (nSPS) is 11.7. The first kappa shape index (κ1) is 15.0. The van der Waals surface area contributed by atoms with Crippen LogP contribution in [0.5, 0.6) is 0 Å². The van der Waals surface area contributed by atoms with Crippen LogP contribution >= 0.6 is 0 Å². The van der Waals surface area contributed by atoms with Gasteiger partial charge in [-0.1, -0.05) is 6.92 Å². The van der Waals surface area contributed by atoms with Crippen molar-refractivity contribution in [2.75, 3.05) is 12.3 Å². The quantitative estimate of drug-likeness (QED) is 0.651. The van der Waals surface area contributed by atoms with Crippen molar-refractivity contribution in [3.05, 3.63) is 29.3 Å². The summed E-state index contributed by atoms with van der Waals surface area (Å²) in [7, 11) is 0. The predicted molar refractivity (Wildman–Crippen MR) is 71.7 cm³/mol. The molecule has 1 rings (SSSR count). The Bertz CT molecular complexity index is 471. The van der Waals surface area contributed by atoms with Crippen molar-refractivity contribution in [3.8, 4) is 0 Å². The standard InChI is InChI=1S/C14H19NO4/c1-4-12(14(17)18-5-2)19-13(16)11-7-6-10(15)8-9(11)3/h6-8,12H,4-5,15H2,1-3H3. The zero-order valence-electron chi connectivity index (χ0n) is 11.4. The summed E-state index contributed by atoms with van der Waals surface area (Å²) in [6, 6.07) is 4.89. The van der Waals surface area contributed by atoms with Crippen LogP contribution in [0.3, 0.4) is 0 Å². The number of rotatable bonds is 5. The molecule has 0 saturated heterocycles. The largest absolute Gasteiger partial charge is 0.463 e. The summed E-state index contributed by atoms with van der Waals surface area (Å²) in [5.74, 6) is -1.07. The van der Waals surface area contributed by atoms with Crippen molar-refractivity contribution < 1.29 is 19.1 Å². The van der Waals surface area contributed by atoms with Gasteiger partial charge in [-0.2, -0.15) is 0 Å². The van der Waals surface area contributed by atoms with Crippen molar-refractivity contribution in [2.45, 2.75) is 33.3 Å². The van der Waals surface area contributed by atoms with E-state index in [1.165, 1.54) is 0 Å². The highest BCUT2D eigenvalue weighted by atomic mass is 16.6. The molecule has 0 spiro atoms. The SMILES string of the molecule is CCOC(=O)C(CC)OC(=O)c1ccc(N)cc1C. The Balaban J connectivity index is 2.80. The van der Waals surface area contributed by atoms with Gasteiger partial charge in [0.1, 0.15) is 0 Å². The summed E-state index contributed by atoms with van der Waals surface area (Å²) in [5.41, 5.74) is 7.30. The molecule has 1 atom stereocenters. The van der Waals surface area contributed by atoms with Crippen molar-refractivity contribution in [1.29, 1.82) is 0 Å². The fraction of sp³-hybridized carbons (Fsp3) is 0.429. The van der Waals surface area contributed by atoms with Crippen LogP contribution in [0.15, 0.2) is 18.2 Å². The van der Waals surface area contributed by atoms with E-state index in [4.69, 9.17) is 15.2 Å². The first-order valence-electron chi connectivity index (χ1n) is 6.23. The van der Waals surface area contributed by atoms with Gasteiger partial charge < -0.3 is 15.2 Å². The van der Waals surface area contributed by atoms with Crippen molar-refractivity contribution >= 4 is 17.6 Å². The molecule has 0 fully saturated rings. The Morgan fingerprint density at radius 2 is 2.00 bits per heavy atom. The third kappa shape index (κ3) is 3.98. The third-order valence-electron chi connectivity index (χ3n) is 2.64. The molecule has 2 N–H and O–H groups in total. The Morgan fingerprint density at radius 1 is 1.32 bits per heavy atom. The van der Waals surface area contributed by atoms with Crippen LogP contribution in [0, 0.1) is 6.92 Å². The van der Waals surface area contributed by atoms with Crippen molar-refractivity contribution in [3.63, 3.8) is 0 Å². The summed E-state index contributed by atoms with van der Waals surface area (Å²) in [6.07, 6.45) is -0.497. The Hall–Kier alpha value is -2.04. The molecule has 0 heterocycles. The zero-order valence-corrected chi connectivity index (χ0v) is 11.4. The number of esters is 2. The number of hydrogen-bond donors (Lipinski definition) is 1. The number of carbonyl (C=O) groups is 2. The minimum absolute atomic E-state index is 0.258. The van der Waals surface area contributed by atoms with Crippen molar-refractivity contribution in [1.82, 2.24) is 0 Å². The van der Waals surface area contributed by atoms with E-state index >= 15 is 0 Å². The van der Waals surface area contributed by atoms with Crippen LogP contribution < -0.4 is 5.73 Å². The lowest BCUT2D eigenvalue weighted by atomic mass is 10.1. The van der Waals surface area contributed by atoms with Gasteiger partial charge in [0.25, 0.3) is 0 Å². The molecule has 0 aliphatic carbocycles. The molecule has 0 radical (unpaired) electrons. The van der Waals surface area contributed by atoms with Crippen LogP contribution in [0.2, 0.25) is 0 Å². The van der Waals surface area contributed by atoms with Gasteiger partial charge in [-0.3, -0.25) is 0 Å². The van der Waals surface area contributed by atoms with E-state index in [0.29, 0.717) is 23.2 Å². The maximum Gasteiger partial charge on any atom is 0.347 e. The lowest BCUT2D eigenvalue weighted by molar-refractivity contribution is -0.153. The average molecular weight is 265 g/mol. The smallest absolute Gasteiger partial charge is 0.347 e. The van der Waals surface area contributed by atoms with E-state index < -0.39 is 18.0 Å². The Kier molecular flexibility index (Phi) is 5.36. The van der Waals surface area contributed by atoms with E-state index in [1.54, 1.807) is 39.0 Å². The average Bonchev–Trinajstić information content (AvgIpc) is 2.35. The Labute approximate surface area is 112 Å². The molecule has 104 valence electrons. The summed E-state index contributed by atoms with van der Waals surface area (Å²) in [4.78, 5) is 23.5. The van der Waals surface area contributed by atoms with Gasteiger partial charge >= 0.3 is 11.9 Å². The summed E-state index contributed by atoms with van der Waals surface area (Å²) >= 11 is 0. The highest BCUT2D eigenvalue weighted by Crippen LogP contribution is 2.15. The molecule has 0 amide bonds. The van der Waals surface area contributed by atoms with Crippen LogP contribution in [0.25, 0.3) is 0 Å². The number of benzene rings is 1. The van der Waals surface area contributed by atoms with Gasteiger partial charge in [0, 0.05) is 5.69 Å². The van der Waals surface area contributed by atoms with Gasteiger partial charge in [-0.15, -0.1) is 0 Å². The topological polar surface area (TPSA) is 78.6 Å². The number of hydrogen-bond acceptors (Lipinski definition) is 5. The first-order valence-corrected chi connectivity index (χ1v) is 6.23. The summed E-state index contributed by atoms with van der Waals surface area (Å²) in [6.45, 7) is 5.48. The molecule has 5 nitrogen and oxygen atoms in total. The fourth-order valence-corrected chi connectivity index (χ4v) is 1.64. The minimum atomic E-state index is -0.871. The lowest BCUT2D eigenvalue weighted by Gasteiger charge is -2.15. The fourth-order valence-electron chi connectivity index (χ4n) is 1.64. The first-order chi connectivity index (χ1) is 8.99. The molecular formula is C14H19NO4. The summed E-state index contributed by atoms with van der Waals surface area (Å²) in [5, 5.41) is 0. The van der Waals surface area contributed by atoms with Gasteiger partial charge in [0.05, 0.1) is 12.2 Å². The molecule has 0 saturated carbocycles. The molecule has 1 aromatic rings. The number of carbonyl (C=O) groups excluding carboxylic acids is 2. The van der Waals surface area contributed by atoms with E-state index in [9.17, 15) is 9.59 Å². The lowest BCUT2D eigenvalue weighted by Crippen LogP contribution is -2.28. The molecule has 19 heavy (non-hydrogen) atoms. The number of aryl methyl sites for hydroxylation is 1. The van der Waals surface area contributed by atoms with E-state index in [2.05, 4.69) is 0 Å². The third-order valence-corrected chi connectivity index (χ3v) is 2.64.